The standard InChI is InChI=1S/C18H21F3N2O2/c1-12-7-9-14(10-8-12)16(24)23-17(25,18(19,20)21)11-15(22-23)13-5-3-2-4-6-13/h7-10,13,25H,2-6,11H2,1H3/t17-/m0/s1. The molecule has 0 bridgehead atoms. The van der Waals surface area contributed by atoms with E-state index < -0.39 is 24.2 Å². The lowest BCUT2D eigenvalue weighted by Gasteiger charge is -2.32. The van der Waals surface area contributed by atoms with Crippen molar-refractivity contribution in [3.05, 3.63) is 35.4 Å². The average Bonchev–Trinajstić information content (AvgIpc) is 2.95. The van der Waals surface area contributed by atoms with Gasteiger partial charge in [0.2, 0.25) is 0 Å². The summed E-state index contributed by atoms with van der Waals surface area (Å²) >= 11 is 0. The SMILES string of the molecule is Cc1ccc(C(=O)N2N=C(C3CCCCC3)C[C@]2(O)C(F)(F)F)cc1. The van der Waals surface area contributed by atoms with E-state index in [1.165, 1.54) is 12.1 Å². The predicted molar refractivity (Wildman–Crippen MR) is 87.0 cm³/mol. The van der Waals surface area contributed by atoms with Crippen molar-refractivity contribution >= 4 is 11.6 Å². The van der Waals surface area contributed by atoms with E-state index in [9.17, 15) is 23.1 Å². The highest BCUT2D eigenvalue weighted by Crippen LogP contribution is 2.43. The first kappa shape index (κ1) is 17.9. The van der Waals surface area contributed by atoms with Crippen LogP contribution in [0.1, 0.15) is 54.4 Å². The van der Waals surface area contributed by atoms with Crippen LogP contribution in [0.15, 0.2) is 29.4 Å². The molecular weight excluding hydrogens is 333 g/mol. The molecule has 1 fully saturated rings. The summed E-state index contributed by atoms with van der Waals surface area (Å²) in [4.78, 5) is 12.6. The Morgan fingerprint density at radius 1 is 1.20 bits per heavy atom. The highest BCUT2D eigenvalue weighted by atomic mass is 19.4. The number of aryl methyl sites for hydroxylation is 1. The van der Waals surface area contributed by atoms with Crippen molar-refractivity contribution in [2.24, 2.45) is 11.0 Å². The molecule has 1 N–H and O–H groups in total. The van der Waals surface area contributed by atoms with E-state index in [0.29, 0.717) is 0 Å². The summed E-state index contributed by atoms with van der Waals surface area (Å²) in [6, 6.07) is 6.18. The zero-order valence-corrected chi connectivity index (χ0v) is 14.0. The largest absolute Gasteiger partial charge is 0.438 e. The first-order valence-electron chi connectivity index (χ1n) is 8.50. The molecule has 2 aliphatic rings. The van der Waals surface area contributed by atoms with Gasteiger partial charge in [0.05, 0.1) is 0 Å². The van der Waals surface area contributed by atoms with Gasteiger partial charge in [-0.3, -0.25) is 4.79 Å². The van der Waals surface area contributed by atoms with Crippen LogP contribution >= 0.6 is 0 Å². The molecule has 0 spiro atoms. The van der Waals surface area contributed by atoms with Crippen molar-refractivity contribution in [3.63, 3.8) is 0 Å². The van der Waals surface area contributed by atoms with Crippen LogP contribution in [0.2, 0.25) is 0 Å². The second-order valence-corrected chi connectivity index (χ2v) is 6.90. The number of alkyl halides is 3. The maximum atomic E-state index is 13.6. The molecule has 7 heteroatoms. The first-order valence-corrected chi connectivity index (χ1v) is 8.50. The number of hydrogen-bond acceptors (Lipinski definition) is 3. The lowest BCUT2D eigenvalue weighted by Crippen LogP contribution is -2.56. The fraction of sp³-hybridized carbons (Fsp3) is 0.556. The highest BCUT2D eigenvalue weighted by molar-refractivity contribution is 5.99. The van der Waals surface area contributed by atoms with E-state index in [0.717, 1.165) is 37.7 Å². The van der Waals surface area contributed by atoms with Crippen molar-refractivity contribution in [2.75, 3.05) is 0 Å². The second kappa shape index (κ2) is 6.44. The quantitative estimate of drug-likeness (QED) is 0.872. The highest BCUT2D eigenvalue weighted by Gasteiger charge is 2.63. The molecule has 4 nitrogen and oxygen atoms in total. The Morgan fingerprint density at radius 2 is 1.80 bits per heavy atom. The predicted octanol–water partition coefficient (Wildman–Crippen LogP) is 4.03. The molecule has 1 aliphatic heterocycles. The van der Waals surface area contributed by atoms with E-state index >= 15 is 0 Å². The summed E-state index contributed by atoms with van der Waals surface area (Å²) in [5.41, 5.74) is -2.04. The Morgan fingerprint density at radius 3 is 2.36 bits per heavy atom. The number of amides is 1. The normalized spacial score (nSPS) is 25.2. The van der Waals surface area contributed by atoms with Gasteiger partial charge >= 0.3 is 6.18 Å². The molecular formula is C18H21F3N2O2. The molecule has 1 heterocycles. The van der Waals surface area contributed by atoms with Gasteiger partial charge in [0, 0.05) is 17.7 Å². The number of nitrogens with zero attached hydrogens (tertiary/aromatic N) is 2. The lowest BCUT2D eigenvalue weighted by molar-refractivity contribution is -0.297. The molecule has 1 aromatic rings. The van der Waals surface area contributed by atoms with E-state index in [-0.39, 0.29) is 22.2 Å². The third-order valence-corrected chi connectivity index (χ3v) is 5.03. The molecule has 1 saturated carbocycles. The Kier molecular flexibility index (Phi) is 4.62. The van der Waals surface area contributed by atoms with Gasteiger partial charge in [-0.2, -0.15) is 23.3 Å². The number of halogens is 3. The van der Waals surface area contributed by atoms with Gasteiger partial charge in [-0.05, 0) is 37.8 Å². The number of carbonyl (C=O) groups excluding carboxylic acids is 1. The number of hydrazone groups is 1. The average molecular weight is 354 g/mol. The zero-order chi connectivity index (χ0) is 18.2. The summed E-state index contributed by atoms with van der Waals surface area (Å²) in [6.07, 6.45) is -1.23. The van der Waals surface area contributed by atoms with Crippen LogP contribution < -0.4 is 0 Å². The Balaban J connectivity index is 1.94. The molecule has 0 unspecified atom stereocenters. The van der Waals surface area contributed by atoms with Gasteiger partial charge in [0.15, 0.2) is 0 Å². The van der Waals surface area contributed by atoms with Gasteiger partial charge in [-0.1, -0.05) is 37.0 Å². The van der Waals surface area contributed by atoms with Crippen LogP contribution in [0.3, 0.4) is 0 Å². The Labute approximate surface area is 144 Å². The van der Waals surface area contributed by atoms with Crippen LogP contribution in [0, 0.1) is 12.8 Å². The fourth-order valence-electron chi connectivity index (χ4n) is 3.49. The van der Waals surface area contributed by atoms with Gasteiger partial charge in [-0.25, -0.2) is 0 Å². The van der Waals surface area contributed by atoms with E-state index in [1.54, 1.807) is 12.1 Å². The maximum absolute atomic E-state index is 13.6. The minimum atomic E-state index is -4.98. The molecule has 0 radical (unpaired) electrons. The summed E-state index contributed by atoms with van der Waals surface area (Å²) in [6.45, 7) is 1.81. The van der Waals surface area contributed by atoms with Gasteiger partial charge in [0.1, 0.15) is 0 Å². The minimum absolute atomic E-state index is 0.0712. The van der Waals surface area contributed by atoms with Crippen LogP contribution in [-0.2, 0) is 0 Å². The molecule has 25 heavy (non-hydrogen) atoms. The Hall–Kier alpha value is -1.89. The number of carbonyl (C=O) groups is 1. The van der Waals surface area contributed by atoms with Gasteiger partial charge in [-0.15, -0.1) is 0 Å². The van der Waals surface area contributed by atoms with Gasteiger partial charge < -0.3 is 5.11 Å². The summed E-state index contributed by atoms with van der Waals surface area (Å²) < 4.78 is 40.7. The van der Waals surface area contributed by atoms with Crippen LogP contribution in [0.4, 0.5) is 13.2 Å². The minimum Gasteiger partial charge on any atom is -0.362 e. The maximum Gasteiger partial charge on any atom is 0.438 e. The molecule has 0 aromatic heterocycles. The monoisotopic (exact) mass is 354 g/mol. The van der Waals surface area contributed by atoms with Crippen molar-refractivity contribution in [2.45, 2.75) is 57.3 Å². The van der Waals surface area contributed by atoms with Crippen molar-refractivity contribution in [1.82, 2.24) is 5.01 Å². The summed E-state index contributed by atoms with van der Waals surface area (Å²) in [7, 11) is 0. The molecule has 0 saturated heterocycles. The van der Waals surface area contributed by atoms with E-state index in [1.807, 2.05) is 6.92 Å². The van der Waals surface area contributed by atoms with Crippen LogP contribution in [-0.4, -0.2) is 33.6 Å². The summed E-state index contributed by atoms with van der Waals surface area (Å²) in [5.74, 6) is -1.04. The first-order chi connectivity index (χ1) is 11.7. The van der Waals surface area contributed by atoms with Crippen molar-refractivity contribution in [3.8, 4) is 0 Å². The Bertz CT molecular complexity index is 679. The van der Waals surface area contributed by atoms with Crippen LogP contribution in [0.5, 0.6) is 0 Å². The third kappa shape index (κ3) is 3.29. The van der Waals surface area contributed by atoms with Crippen molar-refractivity contribution in [1.29, 1.82) is 0 Å². The number of benzene rings is 1. The molecule has 3 rings (SSSR count). The second-order valence-electron chi connectivity index (χ2n) is 6.90. The summed E-state index contributed by atoms with van der Waals surface area (Å²) in [5, 5.41) is 14.5. The van der Waals surface area contributed by atoms with E-state index in [2.05, 4.69) is 5.10 Å². The van der Waals surface area contributed by atoms with Gasteiger partial charge in [0.25, 0.3) is 11.6 Å². The molecule has 1 atom stereocenters. The van der Waals surface area contributed by atoms with Crippen LogP contribution in [0.25, 0.3) is 0 Å². The third-order valence-electron chi connectivity index (χ3n) is 5.03. The molecule has 1 aromatic carbocycles. The topological polar surface area (TPSA) is 52.9 Å². The fourth-order valence-corrected chi connectivity index (χ4v) is 3.49. The molecule has 1 amide bonds. The number of rotatable bonds is 2. The molecule has 136 valence electrons. The zero-order valence-electron chi connectivity index (χ0n) is 14.0. The lowest BCUT2D eigenvalue weighted by atomic mass is 9.83. The number of aliphatic hydroxyl groups is 1. The van der Waals surface area contributed by atoms with E-state index in [4.69, 9.17) is 0 Å². The smallest absolute Gasteiger partial charge is 0.362 e. The number of hydrogen-bond donors (Lipinski definition) is 1. The molecule has 1 aliphatic carbocycles. The van der Waals surface area contributed by atoms with Crippen molar-refractivity contribution < 1.29 is 23.1 Å².